The Morgan fingerprint density at radius 2 is 2.25 bits per heavy atom. The minimum absolute atomic E-state index is 0.0781. The molecule has 2 heterocycles. The number of esters is 1. The molecule has 24 heavy (non-hydrogen) atoms. The molecule has 0 aromatic carbocycles. The fraction of sp³-hybridized carbons (Fsp3) is 0.778. The zero-order valence-corrected chi connectivity index (χ0v) is 14.5. The van der Waals surface area contributed by atoms with Crippen molar-refractivity contribution in [2.24, 2.45) is 17.0 Å². The van der Waals surface area contributed by atoms with Gasteiger partial charge in [-0.2, -0.15) is 0 Å². The zero-order valence-electron chi connectivity index (χ0n) is 14.5. The van der Waals surface area contributed by atoms with E-state index in [4.69, 9.17) is 19.0 Å². The molecule has 0 spiro atoms. The molecule has 1 fully saturated rings. The van der Waals surface area contributed by atoms with Gasteiger partial charge in [-0.25, -0.2) is 4.79 Å². The van der Waals surface area contributed by atoms with Crippen molar-refractivity contribution >= 4 is 11.7 Å². The number of rotatable bonds is 3. The second-order valence-corrected chi connectivity index (χ2v) is 6.92. The van der Waals surface area contributed by atoms with Crippen LogP contribution < -0.4 is 0 Å². The van der Waals surface area contributed by atoms with Crippen molar-refractivity contribution < 1.29 is 23.8 Å². The predicted octanol–water partition coefficient (Wildman–Crippen LogP) is 2.82. The molecule has 0 aromatic heterocycles. The fourth-order valence-electron chi connectivity index (χ4n) is 3.79. The summed E-state index contributed by atoms with van der Waals surface area (Å²) in [4.78, 5) is 17.6. The molecule has 0 N–H and O–H groups in total. The lowest BCUT2D eigenvalue weighted by molar-refractivity contribution is -0.160. The summed E-state index contributed by atoms with van der Waals surface area (Å²) in [5.74, 6) is 0.344. The van der Waals surface area contributed by atoms with E-state index in [-0.39, 0.29) is 24.1 Å². The van der Waals surface area contributed by atoms with Crippen LogP contribution in [0.1, 0.15) is 45.4 Å². The number of oxime groups is 1. The van der Waals surface area contributed by atoms with Crippen molar-refractivity contribution in [2.45, 2.75) is 63.8 Å². The summed E-state index contributed by atoms with van der Waals surface area (Å²) in [5.41, 5.74) is 0.960. The van der Waals surface area contributed by atoms with E-state index in [1.54, 1.807) is 7.11 Å². The quantitative estimate of drug-likeness (QED) is 0.450. The van der Waals surface area contributed by atoms with Gasteiger partial charge >= 0.3 is 5.97 Å². The van der Waals surface area contributed by atoms with Crippen LogP contribution in [-0.4, -0.2) is 43.9 Å². The molecule has 0 aromatic rings. The van der Waals surface area contributed by atoms with Crippen molar-refractivity contribution in [1.29, 1.82) is 0 Å². The van der Waals surface area contributed by atoms with Gasteiger partial charge in [0.15, 0.2) is 0 Å². The van der Waals surface area contributed by atoms with E-state index >= 15 is 0 Å². The van der Waals surface area contributed by atoms with Crippen LogP contribution in [0.25, 0.3) is 0 Å². The Hall–Kier alpha value is -1.40. The van der Waals surface area contributed by atoms with Crippen LogP contribution in [0.3, 0.4) is 0 Å². The summed E-state index contributed by atoms with van der Waals surface area (Å²) in [6, 6.07) is 0. The SMILES string of the molecule is COCO[C@H]1C[C@H]2/C=C\CCCC(C)OC(=O)[C@H]3CC(=NO3)[C@@H]2C1. The minimum Gasteiger partial charge on any atom is -0.460 e. The molecule has 1 aliphatic carbocycles. The standard InChI is InChI=1S/C18H27NO5/c1-12-6-4-3-5-7-13-8-14(22-11-21-2)9-15(13)16-10-17(24-19-16)18(20)23-12/h5,7,12-15,17H,3-4,6,8-11H2,1-2H3/b7-5-/t12?,13-,14+,15-,17-/m1/s1. The maximum absolute atomic E-state index is 12.2. The lowest BCUT2D eigenvalue weighted by Crippen LogP contribution is -2.28. The molecule has 3 aliphatic rings. The number of carbonyl (C=O) groups excluding carboxylic acids is 1. The Labute approximate surface area is 143 Å². The highest BCUT2D eigenvalue weighted by molar-refractivity contribution is 5.93. The summed E-state index contributed by atoms with van der Waals surface area (Å²) in [6.07, 6.45) is 9.27. The van der Waals surface area contributed by atoms with Gasteiger partial charge in [-0.15, -0.1) is 0 Å². The summed E-state index contributed by atoms with van der Waals surface area (Å²) < 4.78 is 16.3. The molecule has 5 atom stereocenters. The van der Waals surface area contributed by atoms with Crippen LogP contribution in [0, 0.1) is 11.8 Å². The monoisotopic (exact) mass is 337 g/mol. The topological polar surface area (TPSA) is 66.4 Å². The number of nitrogens with zero attached hydrogens (tertiary/aromatic N) is 1. The third-order valence-electron chi connectivity index (χ3n) is 5.05. The number of cyclic esters (lactones) is 1. The first-order valence-corrected chi connectivity index (χ1v) is 8.87. The summed E-state index contributed by atoms with van der Waals surface area (Å²) in [6.45, 7) is 2.24. The van der Waals surface area contributed by atoms with Crippen molar-refractivity contribution in [3.8, 4) is 0 Å². The highest BCUT2D eigenvalue weighted by Crippen LogP contribution is 2.38. The Morgan fingerprint density at radius 3 is 3.08 bits per heavy atom. The zero-order chi connectivity index (χ0) is 16.9. The summed E-state index contributed by atoms with van der Waals surface area (Å²) in [7, 11) is 1.63. The average Bonchev–Trinajstić information content (AvgIpc) is 3.18. The molecule has 134 valence electrons. The molecule has 2 bridgehead atoms. The normalized spacial score (nSPS) is 38.0. The number of carbonyl (C=O) groups is 1. The molecule has 3 rings (SSSR count). The van der Waals surface area contributed by atoms with Crippen LogP contribution in [0.4, 0.5) is 0 Å². The Bertz CT molecular complexity index is 504. The van der Waals surface area contributed by atoms with E-state index in [1.165, 1.54) is 0 Å². The maximum atomic E-state index is 12.2. The minimum atomic E-state index is -0.591. The van der Waals surface area contributed by atoms with E-state index in [0.717, 1.165) is 37.8 Å². The summed E-state index contributed by atoms with van der Waals surface area (Å²) >= 11 is 0. The average molecular weight is 337 g/mol. The highest BCUT2D eigenvalue weighted by Gasteiger charge is 2.41. The number of hydrogen-bond donors (Lipinski definition) is 0. The number of allylic oxidation sites excluding steroid dienone is 2. The van der Waals surface area contributed by atoms with Gasteiger partial charge in [0.1, 0.15) is 6.79 Å². The second-order valence-electron chi connectivity index (χ2n) is 6.92. The molecule has 0 radical (unpaired) electrons. The molecule has 0 amide bonds. The third kappa shape index (κ3) is 4.16. The van der Waals surface area contributed by atoms with Crippen LogP contribution in [0.2, 0.25) is 0 Å². The maximum Gasteiger partial charge on any atom is 0.350 e. The van der Waals surface area contributed by atoms with E-state index in [9.17, 15) is 4.79 Å². The number of hydrogen-bond acceptors (Lipinski definition) is 6. The molecule has 1 saturated carbocycles. The Morgan fingerprint density at radius 1 is 1.38 bits per heavy atom. The molecule has 2 aliphatic heterocycles. The smallest absolute Gasteiger partial charge is 0.350 e. The van der Waals surface area contributed by atoms with Gasteiger partial charge in [0.25, 0.3) is 0 Å². The lowest BCUT2D eigenvalue weighted by Gasteiger charge is -2.15. The predicted molar refractivity (Wildman–Crippen MR) is 88.4 cm³/mol. The Kier molecular flexibility index (Phi) is 5.89. The van der Waals surface area contributed by atoms with Gasteiger partial charge in [-0.1, -0.05) is 17.3 Å². The van der Waals surface area contributed by atoms with Crippen LogP contribution in [0.15, 0.2) is 17.3 Å². The number of ether oxygens (including phenoxy) is 3. The molecular weight excluding hydrogens is 310 g/mol. The van der Waals surface area contributed by atoms with Crippen molar-refractivity contribution in [1.82, 2.24) is 0 Å². The number of fused-ring (bicyclic) bond motifs is 4. The first-order chi connectivity index (χ1) is 11.7. The fourth-order valence-corrected chi connectivity index (χ4v) is 3.79. The highest BCUT2D eigenvalue weighted by atomic mass is 16.7. The largest absolute Gasteiger partial charge is 0.460 e. The van der Waals surface area contributed by atoms with Crippen molar-refractivity contribution in [3.05, 3.63) is 12.2 Å². The van der Waals surface area contributed by atoms with Crippen LogP contribution >= 0.6 is 0 Å². The second kappa shape index (κ2) is 8.12. The number of methoxy groups -OCH3 is 1. The molecule has 6 heteroatoms. The van der Waals surface area contributed by atoms with E-state index in [2.05, 4.69) is 17.3 Å². The van der Waals surface area contributed by atoms with E-state index in [1.807, 2.05) is 6.92 Å². The van der Waals surface area contributed by atoms with Gasteiger partial charge in [-0.3, -0.25) is 0 Å². The summed E-state index contributed by atoms with van der Waals surface area (Å²) in [5, 5.41) is 4.21. The molecular formula is C18H27NO5. The van der Waals surface area contributed by atoms with E-state index in [0.29, 0.717) is 19.1 Å². The first kappa shape index (κ1) is 17.4. The molecule has 1 unspecified atom stereocenters. The van der Waals surface area contributed by atoms with E-state index < -0.39 is 6.10 Å². The van der Waals surface area contributed by atoms with Crippen molar-refractivity contribution in [2.75, 3.05) is 13.9 Å². The van der Waals surface area contributed by atoms with Gasteiger partial charge < -0.3 is 19.0 Å². The van der Waals surface area contributed by atoms with Crippen molar-refractivity contribution in [3.63, 3.8) is 0 Å². The first-order valence-electron chi connectivity index (χ1n) is 8.87. The van der Waals surface area contributed by atoms with Gasteiger partial charge in [0.2, 0.25) is 6.10 Å². The molecule has 6 nitrogen and oxygen atoms in total. The van der Waals surface area contributed by atoms with Crippen LogP contribution in [0.5, 0.6) is 0 Å². The van der Waals surface area contributed by atoms with Gasteiger partial charge in [0, 0.05) is 19.4 Å². The van der Waals surface area contributed by atoms with Gasteiger partial charge in [-0.05, 0) is 44.9 Å². The molecule has 0 saturated heterocycles. The lowest BCUT2D eigenvalue weighted by atomic mass is 9.88. The van der Waals surface area contributed by atoms with Gasteiger partial charge in [0.05, 0.1) is 17.9 Å². The Balaban J connectivity index is 1.72. The van der Waals surface area contributed by atoms with Crippen LogP contribution in [-0.2, 0) is 23.8 Å². The third-order valence-corrected chi connectivity index (χ3v) is 5.05.